The van der Waals surface area contributed by atoms with Gasteiger partial charge in [-0.25, -0.2) is 0 Å². The molecule has 1 amide bonds. The van der Waals surface area contributed by atoms with Gasteiger partial charge in [-0.1, -0.05) is 0 Å². The van der Waals surface area contributed by atoms with Crippen LogP contribution in [-0.2, 0) is 0 Å². The van der Waals surface area contributed by atoms with Crippen molar-refractivity contribution >= 4 is 5.91 Å². The molecule has 0 saturated carbocycles. The van der Waals surface area contributed by atoms with E-state index in [1.54, 1.807) is 11.0 Å². The minimum Gasteiger partial charge on any atom is -0.472 e. The molecule has 5 nitrogen and oxygen atoms in total. The van der Waals surface area contributed by atoms with Gasteiger partial charge in [0.2, 0.25) is 0 Å². The van der Waals surface area contributed by atoms with E-state index in [1.807, 2.05) is 0 Å². The molecule has 0 aliphatic carbocycles. The fraction of sp³-hybridized carbons (Fsp3) is 0.688. The first kappa shape index (κ1) is 17.3. The van der Waals surface area contributed by atoms with Crippen molar-refractivity contribution in [2.45, 2.75) is 37.5 Å². The molecule has 0 bridgehead atoms. The van der Waals surface area contributed by atoms with Crippen LogP contribution in [0.25, 0.3) is 0 Å². The van der Waals surface area contributed by atoms with E-state index in [1.165, 1.54) is 17.4 Å². The number of carbonyl (C=O) groups excluding carboxylic acids is 1. The Hall–Kier alpha value is -1.54. The molecule has 2 aliphatic heterocycles. The topological polar surface area (TPSA) is 48.7 Å². The SMILES string of the molecule is O=C(c1ccoc1)N1CCC(N[C@@H]2CCN(CC(F)(F)F)C2)CC1. The molecular weight excluding hydrogens is 323 g/mol. The summed E-state index contributed by atoms with van der Waals surface area (Å²) in [5.74, 6) is -0.0283. The van der Waals surface area contributed by atoms with Crippen LogP contribution in [0, 0.1) is 0 Å². The third kappa shape index (κ3) is 4.51. The molecule has 2 aliphatic rings. The van der Waals surface area contributed by atoms with Gasteiger partial charge in [0.25, 0.3) is 5.91 Å². The number of nitrogens with zero attached hydrogens (tertiary/aromatic N) is 2. The van der Waals surface area contributed by atoms with Crippen molar-refractivity contribution in [1.29, 1.82) is 0 Å². The third-order valence-corrected chi connectivity index (χ3v) is 4.70. The maximum absolute atomic E-state index is 12.4. The summed E-state index contributed by atoms with van der Waals surface area (Å²) in [6.07, 6.45) is 1.17. The second kappa shape index (κ2) is 7.14. The van der Waals surface area contributed by atoms with Gasteiger partial charge >= 0.3 is 6.18 Å². The lowest BCUT2D eigenvalue weighted by Crippen LogP contribution is -2.48. The molecule has 0 unspecified atom stereocenters. The number of carbonyl (C=O) groups is 1. The summed E-state index contributed by atoms with van der Waals surface area (Å²) < 4.78 is 42.2. The van der Waals surface area contributed by atoms with E-state index in [4.69, 9.17) is 4.42 Å². The molecule has 2 saturated heterocycles. The Morgan fingerprint density at radius 2 is 1.92 bits per heavy atom. The second-order valence-electron chi connectivity index (χ2n) is 6.58. The largest absolute Gasteiger partial charge is 0.472 e. The van der Waals surface area contributed by atoms with Crippen LogP contribution in [0.4, 0.5) is 13.2 Å². The lowest BCUT2D eigenvalue weighted by molar-refractivity contribution is -0.143. The van der Waals surface area contributed by atoms with E-state index in [9.17, 15) is 18.0 Å². The van der Waals surface area contributed by atoms with Gasteiger partial charge < -0.3 is 14.6 Å². The van der Waals surface area contributed by atoms with Gasteiger partial charge in [-0.05, 0) is 25.3 Å². The van der Waals surface area contributed by atoms with E-state index >= 15 is 0 Å². The number of nitrogens with one attached hydrogen (secondary N) is 1. The van der Waals surface area contributed by atoms with Crippen LogP contribution in [0.5, 0.6) is 0 Å². The summed E-state index contributed by atoms with van der Waals surface area (Å²) in [6, 6.07) is 2.02. The Morgan fingerprint density at radius 3 is 2.54 bits per heavy atom. The summed E-state index contributed by atoms with van der Waals surface area (Å²) in [6.45, 7) is 1.40. The Balaban J connectivity index is 1.41. The molecular formula is C16H22F3N3O2. The fourth-order valence-electron chi connectivity index (χ4n) is 3.52. The predicted molar refractivity (Wildman–Crippen MR) is 81.7 cm³/mol. The van der Waals surface area contributed by atoms with Crippen LogP contribution in [0.15, 0.2) is 23.0 Å². The third-order valence-electron chi connectivity index (χ3n) is 4.70. The van der Waals surface area contributed by atoms with E-state index < -0.39 is 12.7 Å². The van der Waals surface area contributed by atoms with Crippen LogP contribution in [0.2, 0.25) is 0 Å². The molecule has 8 heteroatoms. The standard InChI is InChI=1S/C16H22F3N3O2/c17-16(18,19)11-21-5-1-14(9-21)20-13-2-6-22(7-3-13)15(23)12-4-8-24-10-12/h4,8,10,13-14,20H,1-3,5-7,9,11H2/t14-/m1/s1. The Morgan fingerprint density at radius 1 is 1.21 bits per heavy atom. The van der Waals surface area contributed by atoms with Crippen molar-refractivity contribution in [3.63, 3.8) is 0 Å². The lowest BCUT2D eigenvalue weighted by Gasteiger charge is -2.33. The average Bonchev–Trinajstić information content (AvgIpc) is 3.18. The van der Waals surface area contributed by atoms with Crippen molar-refractivity contribution < 1.29 is 22.4 Å². The Labute approximate surface area is 138 Å². The van der Waals surface area contributed by atoms with Gasteiger partial charge in [0.15, 0.2) is 0 Å². The molecule has 1 aromatic heterocycles. The summed E-state index contributed by atoms with van der Waals surface area (Å²) in [7, 11) is 0. The first-order valence-corrected chi connectivity index (χ1v) is 8.27. The van der Waals surface area contributed by atoms with Crippen molar-refractivity contribution in [1.82, 2.24) is 15.1 Å². The summed E-state index contributed by atoms with van der Waals surface area (Å²) in [5, 5.41) is 3.46. The molecule has 1 aromatic rings. The summed E-state index contributed by atoms with van der Waals surface area (Å²) in [4.78, 5) is 15.5. The molecule has 1 atom stereocenters. The molecule has 2 fully saturated rings. The summed E-state index contributed by atoms with van der Waals surface area (Å²) >= 11 is 0. The van der Waals surface area contributed by atoms with E-state index in [0.717, 1.165) is 19.3 Å². The zero-order valence-corrected chi connectivity index (χ0v) is 13.4. The highest BCUT2D eigenvalue weighted by Gasteiger charge is 2.35. The molecule has 0 radical (unpaired) electrons. The number of hydrogen-bond acceptors (Lipinski definition) is 4. The number of likely N-dealkylation sites (tertiary alicyclic amines) is 2. The highest BCUT2D eigenvalue weighted by molar-refractivity contribution is 5.93. The zero-order chi connectivity index (χ0) is 17.2. The monoisotopic (exact) mass is 345 g/mol. The summed E-state index contributed by atoms with van der Waals surface area (Å²) in [5.41, 5.74) is 0.556. The molecule has 134 valence electrons. The predicted octanol–water partition coefficient (Wildman–Crippen LogP) is 2.11. The minimum absolute atomic E-state index is 0.0283. The van der Waals surface area contributed by atoms with Crippen LogP contribution >= 0.6 is 0 Å². The minimum atomic E-state index is -4.13. The quantitative estimate of drug-likeness (QED) is 0.908. The first-order chi connectivity index (χ1) is 11.4. The maximum Gasteiger partial charge on any atom is 0.401 e. The van der Waals surface area contributed by atoms with Crippen LogP contribution in [0.1, 0.15) is 29.6 Å². The number of halogens is 3. The normalized spacial score (nSPS) is 23.8. The van der Waals surface area contributed by atoms with E-state index in [-0.39, 0.29) is 18.0 Å². The van der Waals surface area contributed by atoms with Crippen LogP contribution in [0.3, 0.4) is 0 Å². The fourth-order valence-corrected chi connectivity index (χ4v) is 3.52. The number of piperidine rings is 1. The molecule has 0 spiro atoms. The molecule has 3 rings (SSSR count). The highest BCUT2D eigenvalue weighted by atomic mass is 19.4. The van der Waals surface area contributed by atoms with E-state index in [0.29, 0.717) is 31.7 Å². The highest BCUT2D eigenvalue weighted by Crippen LogP contribution is 2.21. The maximum atomic E-state index is 12.4. The average molecular weight is 345 g/mol. The lowest BCUT2D eigenvalue weighted by atomic mass is 10.0. The van der Waals surface area contributed by atoms with Gasteiger partial charge in [-0.2, -0.15) is 13.2 Å². The zero-order valence-electron chi connectivity index (χ0n) is 13.4. The number of hydrogen-bond donors (Lipinski definition) is 1. The molecule has 3 heterocycles. The smallest absolute Gasteiger partial charge is 0.401 e. The molecule has 24 heavy (non-hydrogen) atoms. The van der Waals surface area contributed by atoms with Gasteiger partial charge in [0.05, 0.1) is 18.4 Å². The Bertz CT molecular complexity index is 539. The number of furan rings is 1. The first-order valence-electron chi connectivity index (χ1n) is 8.27. The molecule has 1 N–H and O–H groups in total. The number of alkyl halides is 3. The van der Waals surface area contributed by atoms with Crippen LogP contribution in [-0.4, -0.2) is 66.7 Å². The van der Waals surface area contributed by atoms with Crippen molar-refractivity contribution in [3.05, 3.63) is 24.2 Å². The van der Waals surface area contributed by atoms with Crippen molar-refractivity contribution in [3.8, 4) is 0 Å². The van der Waals surface area contributed by atoms with Crippen molar-refractivity contribution in [2.75, 3.05) is 32.7 Å². The van der Waals surface area contributed by atoms with Gasteiger partial charge in [-0.15, -0.1) is 0 Å². The second-order valence-corrected chi connectivity index (χ2v) is 6.58. The van der Waals surface area contributed by atoms with Crippen LogP contribution < -0.4 is 5.32 Å². The van der Waals surface area contributed by atoms with Crippen molar-refractivity contribution in [2.24, 2.45) is 0 Å². The van der Waals surface area contributed by atoms with Gasteiger partial charge in [-0.3, -0.25) is 9.69 Å². The van der Waals surface area contributed by atoms with Gasteiger partial charge in [0.1, 0.15) is 6.26 Å². The number of amides is 1. The Kier molecular flexibility index (Phi) is 5.15. The van der Waals surface area contributed by atoms with E-state index in [2.05, 4.69) is 5.32 Å². The molecule has 0 aromatic carbocycles. The van der Waals surface area contributed by atoms with Gasteiger partial charge in [0, 0.05) is 38.3 Å². The number of rotatable bonds is 4.